The summed E-state index contributed by atoms with van der Waals surface area (Å²) in [6.07, 6.45) is 7.97. The van der Waals surface area contributed by atoms with Crippen LogP contribution in [-0.2, 0) is 21.7 Å². The SMILES string of the molecule is CC1(C)CCC(C)(C)c2cc(N(c3ccc4c(c3)C(C)(C)c3ccccc3-4)c3cccc4c3Oc3cccc(-c5ccccc5)c3C43C4CC5CC6CC3C64C5)ccc21. The molecule has 0 radical (unpaired) electrons. The van der Waals surface area contributed by atoms with E-state index in [0.717, 1.165) is 29.0 Å². The van der Waals surface area contributed by atoms with Crippen molar-refractivity contribution < 1.29 is 4.74 Å². The lowest BCUT2D eigenvalue weighted by Gasteiger charge is -2.77. The number of nitrogens with zero attached hydrogens (tertiary/aromatic N) is 1. The van der Waals surface area contributed by atoms with Crippen molar-refractivity contribution >= 4 is 17.1 Å². The second-order valence-corrected chi connectivity index (χ2v) is 21.6. The predicted octanol–water partition coefficient (Wildman–Crippen LogP) is 14.9. The molecule has 2 heteroatoms. The van der Waals surface area contributed by atoms with Crippen LogP contribution in [0.5, 0.6) is 11.5 Å². The molecule has 4 fully saturated rings. The van der Waals surface area contributed by atoms with Crippen LogP contribution in [-0.4, -0.2) is 0 Å². The number of hydrogen-bond donors (Lipinski definition) is 0. The molecule has 1 heterocycles. The van der Waals surface area contributed by atoms with Gasteiger partial charge in [0.15, 0.2) is 5.75 Å². The molecule has 2 spiro atoms. The fourth-order valence-corrected chi connectivity index (χ4v) is 15.2. The molecule has 6 aliphatic carbocycles. The standard InChI is InChI=1S/C57H55NO/c1-53(2)26-27-54(3,4)46-32-38(23-25-43(46)53)58(37-22-24-41-40-16-10-11-18-42(40)55(5,6)45(41)31-37)47-20-13-19-44-52(47)59-48-21-12-17-39(35-14-8-7-9-15-35)51(48)57(44)49-29-34-28-36-30-50(57)56(36,49)33-34/h7-25,31-32,34,36,49-50H,26-30,33H2,1-6H3. The first kappa shape index (κ1) is 34.8. The van der Waals surface area contributed by atoms with Gasteiger partial charge in [0, 0.05) is 33.3 Å². The molecule has 0 saturated heterocycles. The number of ether oxygens (including phenoxy) is 1. The van der Waals surface area contributed by atoms with Gasteiger partial charge < -0.3 is 9.64 Å². The van der Waals surface area contributed by atoms with Crippen LogP contribution >= 0.6 is 0 Å². The molecular weight excluding hydrogens is 715 g/mol. The van der Waals surface area contributed by atoms with Crippen LogP contribution in [0.1, 0.15) is 113 Å². The Bertz CT molecular complexity index is 2790. The minimum Gasteiger partial charge on any atom is -0.454 e. The van der Waals surface area contributed by atoms with Gasteiger partial charge in [-0.15, -0.1) is 0 Å². The summed E-state index contributed by atoms with van der Waals surface area (Å²) in [4.78, 5) is 2.58. The van der Waals surface area contributed by atoms with Gasteiger partial charge in [-0.1, -0.05) is 133 Å². The molecule has 6 aromatic carbocycles. The van der Waals surface area contributed by atoms with Gasteiger partial charge in [-0.3, -0.25) is 0 Å². The molecule has 6 unspecified atom stereocenters. The topological polar surface area (TPSA) is 12.5 Å². The smallest absolute Gasteiger partial charge is 0.155 e. The predicted molar refractivity (Wildman–Crippen MR) is 242 cm³/mol. The van der Waals surface area contributed by atoms with Crippen molar-refractivity contribution in [3.8, 4) is 33.8 Å². The lowest BCUT2D eigenvalue weighted by Crippen LogP contribution is -2.74. The summed E-state index contributed by atoms with van der Waals surface area (Å²) in [6, 6.07) is 49.0. The molecular formula is C57H55NO. The summed E-state index contributed by atoms with van der Waals surface area (Å²) in [5, 5.41) is 0. The van der Waals surface area contributed by atoms with Crippen LogP contribution in [0.2, 0.25) is 0 Å². The lowest BCUT2D eigenvalue weighted by atomic mass is 9.26. The van der Waals surface area contributed by atoms with Crippen molar-refractivity contribution in [1.82, 2.24) is 0 Å². The Morgan fingerprint density at radius 2 is 1.20 bits per heavy atom. The van der Waals surface area contributed by atoms with Gasteiger partial charge in [-0.2, -0.15) is 0 Å². The maximum Gasteiger partial charge on any atom is 0.155 e. The molecule has 1 aliphatic heterocycles. The molecule has 2 bridgehead atoms. The van der Waals surface area contributed by atoms with Gasteiger partial charge in [0.25, 0.3) is 0 Å². The second kappa shape index (κ2) is 11.2. The van der Waals surface area contributed by atoms with E-state index >= 15 is 0 Å². The van der Waals surface area contributed by atoms with Gasteiger partial charge in [0.1, 0.15) is 5.75 Å². The third-order valence-electron chi connectivity index (χ3n) is 17.8. The van der Waals surface area contributed by atoms with Crippen molar-refractivity contribution in [2.75, 3.05) is 4.90 Å². The maximum atomic E-state index is 7.55. The highest BCUT2D eigenvalue weighted by Crippen LogP contribution is 2.90. The van der Waals surface area contributed by atoms with E-state index < -0.39 is 0 Å². The Morgan fingerprint density at radius 1 is 0.542 bits per heavy atom. The Balaban J connectivity index is 1.06. The minimum absolute atomic E-state index is 0.0634. The largest absolute Gasteiger partial charge is 0.454 e. The minimum atomic E-state index is -0.109. The number of anilines is 3. The van der Waals surface area contributed by atoms with E-state index in [2.05, 4.69) is 174 Å². The van der Waals surface area contributed by atoms with Crippen LogP contribution in [0.25, 0.3) is 22.3 Å². The van der Waals surface area contributed by atoms with Crippen LogP contribution in [0.4, 0.5) is 17.1 Å². The first-order chi connectivity index (χ1) is 28.4. The van der Waals surface area contributed by atoms with Gasteiger partial charge in [0.2, 0.25) is 0 Å². The molecule has 4 saturated carbocycles. The maximum absolute atomic E-state index is 7.55. The molecule has 7 aliphatic rings. The Kier molecular flexibility index (Phi) is 6.59. The molecule has 294 valence electrons. The lowest BCUT2D eigenvalue weighted by molar-refractivity contribution is -0.234. The molecule has 59 heavy (non-hydrogen) atoms. The number of para-hydroxylation sites is 1. The van der Waals surface area contributed by atoms with Gasteiger partial charge in [-0.05, 0) is 159 Å². The molecule has 2 nitrogen and oxygen atoms in total. The zero-order valence-electron chi connectivity index (χ0n) is 35.5. The average molecular weight is 770 g/mol. The molecule has 0 N–H and O–H groups in total. The molecule has 6 atom stereocenters. The van der Waals surface area contributed by atoms with Gasteiger partial charge in [-0.25, -0.2) is 0 Å². The third kappa shape index (κ3) is 4.15. The van der Waals surface area contributed by atoms with Crippen molar-refractivity contribution in [2.24, 2.45) is 29.1 Å². The molecule has 0 aromatic heterocycles. The first-order valence-corrected chi connectivity index (χ1v) is 22.6. The average Bonchev–Trinajstić information content (AvgIpc) is 3.85. The van der Waals surface area contributed by atoms with Crippen LogP contribution in [0.15, 0.2) is 127 Å². The highest BCUT2D eigenvalue weighted by Gasteiger charge is 2.84. The molecule has 0 amide bonds. The monoisotopic (exact) mass is 769 g/mol. The zero-order valence-corrected chi connectivity index (χ0v) is 35.5. The third-order valence-corrected chi connectivity index (χ3v) is 17.8. The fourth-order valence-electron chi connectivity index (χ4n) is 15.2. The highest BCUT2D eigenvalue weighted by molar-refractivity contribution is 5.89. The summed E-state index contributed by atoms with van der Waals surface area (Å²) < 4.78 is 7.55. The van der Waals surface area contributed by atoms with Gasteiger partial charge in [0.05, 0.1) is 5.69 Å². The summed E-state index contributed by atoms with van der Waals surface area (Å²) in [6.45, 7) is 14.6. The first-order valence-electron chi connectivity index (χ1n) is 22.6. The summed E-state index contributed by atoms with van der Waals surface area (Å²) in [5.41, 5.74) is 18.2. The number of fused-ring (bicyclic) bond motifs is 11. The number of hydrogen-bond acceptors (Lipinski definition) is 2. The van der Waals surface area contributed by atoms with Crippen molar-refractivity contribution in [2.45, 2.75) is 102 Å². The van der Waals surface area contributed by atoms with Crippen molar-refractivity contribution in [1.29, 1.82) is 0 Å². The van der Waals surface area contributed by atoms with Crippen molar-refractivity contribution in [3.63, 3.8) is 0 Å². The normalized spacial score (nSPS) is 29.5. The van der Waals surface area contributed by atoms with E-state index in [1.54, 1.807) is 0 Å². The second-order valence-electron chi connectivity index (χ2n) is 21.6. The van der Waals surface area contributed by atoms with E-state index in [1.807, 2.05) is 0 Å². The summed E-state index contributed by atoms with van der Waals surface area (Å²) in [5.74, 6) is 5.20. The van der Waals surface area contributed by atoms with Crippen LogP contribution in [0, 0.1) is 29.1 Å². The molecule has 6 aromatic rings. The number of benzene rings is 6. The van der Waals surface area contributed by atoms with E-state index in [0.29, 0.717) is 17.3 Å². The van der Waals surface area contributed by atoms with Crippen LogP contribution in [0.3, 0.4) is 0 Å². The fraction of sp³-hybridized carbons (Fsp3) is 0.368. The van der Waals surface area contributed by atoms with Crippen LogP contribution < -0.4 is 9.64 Å². The Labute approximate surface area is 350 Å². The Morgan fingerprint density at radius 3 is 2.02 bits per heavy atom. The summed E-state index contributed by atoms with van der Waals surface area (Å²) in [7, 11) is 0. The van der Waals surface area contributed by atoms with E-state index in [9.17, 15) is 0 Å². The van der Waals surface area contributed by atoms with Crippen molar-refractivity contribution in [3.05, 3.63) is 161 Å². The van der Waals surface area contributed by atoms with E-state index in [-0.39, 0.29) is 21.7 Å². The Hall–Kier alpha value is -5.08. The molecule has 13 rings (SSSR count). The van der Waals surface area contributed by atoms with Gasteiger partial charge >= 0.3 is 0 Å². The quantitative estimate of drug-likeness (QED) is 0.177. The van der Waals surface area contributed by atoms with E-state index in [4.69, 9.17) is 4.74 Å². The summed E-state index contributed by atoms with van der Waals surface area (Å²) >= 11 is 0. The van der Waals surface area contributed by atoms with E-state index in [1.165, 1.54) is 106 Å². The highest BCUT2D eigenvalue weighted by atomic mass is 16.5. The number of rotatable bonds is 4. The zero-order chi connectivity index (χ0) is 39.8.